The fraction of sp³-hybridized carbons (Fsp3) is 0.846. The summed E-state index contributed by atoms with van der Waals surface area (Å²) in [6, 6.07) is -0.374. The summed E-state index contributed by atoms with van der Waals surface area (Å²) >= 11 is 0. The van der Waals surface area contributed by atoms with Gasteiger partial charge in [0, 0.05) is 6.54 Å². The first kappa shape index (κ1) is 14.0. The van der Waals surface area contributed by atoms with Crippen LogP contribution in [-0.4, -0.2) is 34.8 Å². The molecule has 1 saturated heterocycles. The molecule has 1 N–H and O–H groups in total. The van der Waals surface area contributed by atoms with E-state index in [2.05, 4.69) is 26.1 Å². The quantitative estimate of drug-likeness (QED) is 0.796. The Morgan fingerprint density at radius 1 is 1.35 bits per heavy atom. The van der Waals surface area contributed by atoms with Crippen LogP contribution >= 0.6 is 0 Å². The number of piperazine rings is 1. The Kier molecular flexibility index (Phi) is 3.55. The van der Waals surface area contributed by atoms with Gasteiger partial charge < -0.3 is 10.2 Å². The Bertz CT molecular complexity index is 333. The van der Waals surface area contributed by atoms with Crippen molar-refractivity contribution in [1.29, 1.82) is 0 Å². The van der Waals surface area contributed by atoms with Gasteiger partial charge in [-0.1, -0.05) is 27.7 Å². The maximum atomic E-state index is 12.4. The van der Waals surface area contributed by atoms with Crippen LogP contribution in [0.3, 0.4) is 0 Å². The molecule has 0 aliphatic carbocycles. The number of hydrogen-bond acceptors (Lipinski definition) is 2. The molecule has 1 aliphatic rings. The van der Waals surface area contributed by atoms with E-state index in [1.165, 1.54) is 0 Å². The number of amides is 2. The van der Waals surface area contributed by atoms with Gasteiger partial charge in [0.15, 0.2) is 0 Å². The molecule has 0 spiro atoms. The summed E-state index contributed by atoms with van der Waals surface area (Å²) < 4.78 is 0. The van der Waals surface area contributed by atoms with Crippen molar-refractivity contribution in [2.75, 3.05) is 6.54 Å². The van der Waals surface area contributed by atoms with Crippen LogP contribution in [0.1, 0.15) is 48.0 Å². The molecule has 1 aliphatic heterocycles. The SMILES string of the molecule is CCC1(C)NC(=O)C(C)N(CC(C)(C)C)C1=O. The zero-order chi connectivity index (χ0) is 13.4. The predicted octanol–water partition coefficient (Wildman–Crippen LogP) is 1.55. The zero-order valence-corrected chi connectivity index (χ0v) is 11.8. The van der Waals surface area contributed by atoms with Crippen molar-refractivity contribution in [1.82, 2.24) is 10.2 Å². The molecule has 4 nitrogen and oxygen atoms in total. The number of carbonyl (C=O) groups excluding carboxylic acids is 2. The average molecular weight is 240 g/mol. The van der Waals surface area contributed by atoms with Crippen LogP contribution in [0.4, 0.5) is 0 Å². The Morgan fingerprint density at radius 3 is 2.29 bits per heavy atom. The monoisotopic (exact) mass is 240 g/mol. The van der Waals surface area contributed by atoms with E-state index < -0.39 is 5.54 Å². The molecule has 0 radical (unpaired) electrons. The predicted molar refractivity (Wildman–Crippen MR) is 67.5 cm³/mol. The maximum Gasteiger partial charge on any atom is 0.248 e. The zero-order valence-electron chi connectivity index (χ0n) is 11.8. The van der Waals surface area contributed by atoms with E-state index in [1.807, 2.05) is 6.92 Å². The van der Waals surface area contributed by atoms with Crippen LogP contribution < -0.4 is 5.32 Å². The number of nitrogens with one attached hydrogen (secondary N) is 1. The highest BCUT2D eigenvalue weighted by Crippen LogP contribution is 2.25. The summed E-state index contributed by atoms with van der Waals surface area (Å²) in [6.07, 6.45) is 0.616. The summed E-state index contributed by atoms with van der Waals surface area (Å²) in [5.74, 6) is -0.0276. The molecule has 4 heteroatoms. The molecule has 2 amide bonds. The second-order valence-electron chi connectivity index (χ2n) is 6.34. The third-order valence-corrected chi connectivity index (χ3v) is 3.33. The van der Waals surface area contributed by atoms with E-state index in [9.17, 15) is 9.59 Å². The molecule has 2 unspecified atom stereocenters. The van der Waals surface area contributed by atoms with Crippen molar-refractivity contribution in [3.8, 4) is 0 Å². The summed E-state index contributed by atoms with van der Waals surface area (Å²) in [5.41, 5.74) is -0.745. The molecule has 0 aromatic rings. The minimum Gasteiger partial charge on any atom is -0.340 e. The van der Waals surface area contributed by atoms with E-state index in [0.29, 0.717) is 13.0 Å². The first-order valence-corrected chi connectivity index (χ1v) is 6.24. The lowest BCUT2D eigenvalue weighted by Gasteiger charge is -2.45. The molecule has 0 aromatic carbocycles. The molecule has 1 rings (SSSR count). The number of carbonyl (C=O) groups is 2. The molecular formula is C13H24N2O2. The molecule has 1 fully saturated rings. The largest absolute Gasteiger partial charge is 0.340 e. The number of rotatable bonds is 2. The Balaban J connectivity index is 3.00. The van der Waals surface area contributed by atoms with Crippen molar-refractivity contribution in [2.45, 2.75) is 59.5 Å². The molecule has 0 saturated carbocycles. The van der Waals surface area contributed by atoms with E-state index in [4.69, 9.17) is 0 Å². The van der Waals surface area contributed by atoms with Gasteiger partial charge in [0.1, 0.15) is 11.6 Å². The van der Waals surface area contributed by atoms with Crippen LogP contribution in [0.2, 0.25) is 0 Å². The first-order chi connectivity index (χ1) is 7.60. The third-order valence-electron chi connectivity index (χ3n) is 3.33. The van der Waals surface area contributed by atoms with Crippen molar-refractivity contribution in [3.63, 3.8) is 0 Å². The van der Waals surface area contributed by atoms with Crippen LogP contribution in [0.5, 0.6) is 0 Å². The highest BCUT2D eigenvalue weighted by Gasteiger charge is 2.45. The van der Waals surface area contributed by atoms with Gasteiger partial charge in [0.25, 0.3) is 0 Å². The highest BCUT2D eigenvalue weighted by atomic mass is 16.2. The van der Waals surface area contributed by atoms with Crippen molar-refractivity contribution < 1.29 is 9.59 Å². The van der Waals surface area contributed by atoms with Gasteiger partial charge in [-0.05, 0) is 25.7 Å². The van der Waals surface area contributed by atoms with Gasteiger partial charge in [-0.3, -0.25) is 9.59 Å². The number of nitrogens with zero attached hydrogens (tertiary/aromatic N) is 1. The Labute approximate surface area is 104 Å². The highest BCUT2D eigenvalue weighted by molar-refractivity contribution is 5.99. The van der Waals surface area contributed by atoms with E-state index >= 15 is 0 Å². The van der Waals surface area contributed by atoms with Gasteiger partial charge in [0.2, 0.25) is 11.8 Å². The van der Waals surface area contributed by atoms with E-state index in [-0.39, 0.29) is 23.3 Å². The van der Waals surface area contributed by atoms with Crippen LogP contribution in [-0.2, 0) is 9.59 Å². The number of hydrogen-bond donors (Lipinski definition) is 1. The smallest absolute Gasteiger partial charge is 0.248 e. The average Bonchev–Trinajstić information content (AvgIpc) is 2.20. The Hall–Kier alpha value is -1.06. The molecule has 1 heterocycles. The van der Waals surface area contributed by atoms with Crippen LogP contribution in [0, 0.1) is 5.41 Å². The summed E-state index contributed by atoms with van der Waals surface area (Å²) in [4.78, 5) is 26.0. The third kappa shape index (κ3) is 2.79. The first-order valence-electron chi connectivity index (χ1n) is 6.24. The molecule has 98 valence electrons. The molecule has 17 heavy (non-hydrogen) atoms. The molecule has 2 atom stereocenters. The second-order valence-corrected chi connectivity index (χ2v) is 6.34. The fourth-order valence-electron chi connectivity index (χ4n) is 2.02. The van der Waals surface area contributed by atoms with Crippen molar-refractivity contribution in [2.24, 2.45) is 5.41 Å². The van der Waals surface area contributed by atoms with E-state index in [1.54, 1.807) is 18.7 Å². The van der Waals surface area contributed by atoms with Crippen molar-refractivity contribution >= 4 is 11.8 Å². The molecule has 0 aromatic heterocycles. The van der Waals surface area contributed by atoms with Crippen LogP contribution in [0.25, 0.3) is 0 Å². The fourth-order valence-corrected chi connectivity index (χ4v) is 2.02. The molecular weight excluding hydrogens is 216 g/mol. The molecule has 0 bridgehead atoms. The lowest BCUT2D eigenvalue weighted by Crippen LogP contribution is -2.69. The van der Waals surface area contributed by atoms with Gasteiger partial charge in [-0.2, -0.15) is 0 Å². The normalized spacial score (nSPS) is 30.5. The summed E-state index contributed by atoms with van der Waals surface area (Å²) in [7, 11) is 0. The van der Waals surface area contributed by atoms with Crippen LogP contribution in [0.15, 0.2) is 0 Å². The van der Waals surface area contributed by atoms with Gasteiger partial charge in [0.05, 0.1) is 0 Å². The maximum absolute atomic E-state index is 12.4. The van der Waals surface area contributed by atoms with E-state index in [0.717, 1.165) is 0 Å². The minimum absolute atomic E-state index is 0.00378. The lowest BCUT2D eigenvalue weighted by atomic mass is 9.89. The van der Waals surface area contributed by atoms with Gasteiger partial charge >= 0.3 is 0 Å². The van der Waals surface area contributed by atoms with Crippen molar-refractivity contribution in [3.05, 3.63) is 0 Å². The lowest BCUT2D eigenvalue weighted by molar-refractivity contribution is -0.155. The topological polar surface area (TPSA) is 49.4 Å². The summed E-state index contributed by atoms with van der Waals surface area (Å²) in [6.45, 7) is 12.3. The summed E-state index contributed by atoms with van der Waals surface area (Å²) in [5, 5.41) is 2.83. The van der Waals surface area contributed by atoms with Gasteiger partial charge in [-0.25, -0.2) is 0 Å². The minimum atomic E-state index is -0.741. The standard InChI is InChI=1S/C13H24N2O2/c1-7-13(6)11(17)15(8-12(3,4)5)9(2)10(16)14-13/h9H,7-8H2,1-6H3,(H,14,16). The Morgan fingerprint density at radius 2 is 1.88 bits per heavy atom. The van der Waals surface area contributed by atoms with Gasteiger partial charge in [-0.15, -0.1) is 0 Å². The second kappa shape index (κ2) is 4.31.